The summed E-state index contributed by atoms with van der Waals surface area (Å²) < 4.78 is 10.8. The van der Waals surface area contributed by atoms with Crippen LogP contribution < -0.4 is 4.74 Å². The largest absolute Gasteiger partial charge is 0.507 e. The molecule has 1 aromatic heterocycles. The Bertz CT molecular complexity index is 888. The molecule has 148 valence electrons. The molecule has 2 heterocycles. The molecule has 2 aromatic rings. The van der Waals surface area contributed by atoms with Crippen LogP contribution in [0.1, 0.15) is 30.3 Å². The van der Waals surface area contributed by atoms with Gasteiger partial charge in [0.25, 0.3) is 11.7 Å². The van der Waals surface area contributed by atoms with Crippen LogP contribution in [0.2, 0.25) is 0 Å². The monoisotopic (exact) mass is 401 g/mol. The Hall–Kier alpha value is -2.64. The van der Waals surface area contributed by atoms with Gasteiger partial charge in [-0.25, -0.2) is 0 Å². The van der Waals surface area contributed by atoms with E-state index in [0.717, 1.165) is 4.88 Å². The molecule has 1 aliphatic rings. The molecule has 0 aliphatic carbocycles. The van der Waals surface area contributed by atoms with E-state index in [2.05, 4.69) is 0 Å². The van der Waals surface area contributed by atoms with Crippen LogP contribution in [0.15, 0.2) is 47.4 Å². The molecule has 1 amide bonds. The van der Waals surface area contributed by atoms with Crippen molar-refractivity contribution in [2.24, 2.45) is 0 Å². The second-order valence-corrected chi connectivity index (χ2v) is 7.67. The van der Waals surface area contributed by atoms with Gasteiger partial charge in [0.1, 0.15) is 11.5 Å². The Morgan fingerprint density at radius 1 is 1.25 bits per heavy atom. The first-order valence-corrected chi connectivity index (χ1v) is 9.89. The van der Waals surface area contributed by atoms with Crippen LogP contribution in [-0.4, -0.2) is 48.1 Å². The highest BCUT2D eigenvalue weighted by atomic mass is 32.1. The van der Waals surface area contributed by atoms with Gasteiger partial charge in [-0.05, 0) is 37.4 Å². The second-order valence-electron chi connectivity index (χ2n) is 6.70. The number of Topliss-reactive ketones (excluding diaryl/α,β-unsaturated/α-hetero) is 1. The Balaban J connectivity index is 2.08. The zero-order valence-corrected chi connectivity index (χ0v) is 16.9. The molecular weight excluding hydrogens is 378 g/mol. The molecule has 1 fully saturated rings. The Morgan fingerprint density at radius 3 is 2.68 bits per heavy atom. The van der Waals surface area contributed by atoms with E-state index in [-0.39, 0.29) is 24.0 Å². The van der Waals surface area contributed by atoms with Crippen molar-refractivity contribution in [2.75, 3.05) is 20.3 Å². The summed E-state index contributed by atoms with van der Waals surface area (Å²) in [4.78, 5) is 27.7. The van der Waals surface area contributed by atoms with Crippen molar-refractivity contribution < 1.29 is 24.2 Å². The molecule has 1 unspecified atom stereocenters. The summed E-state index contributed by atoms with van der Waals surface area (Å²) in [5, 5.41) is 12.9. The van der Waals surface area contributed by atoms with Crippen molar-refractivity contribution >= 4 is 28.8 Å². The molecule has 0 saturated carbocycles. The Kier molecular flexibility index (Phi) is 6.16. The van der Waals surface area contributed by atoms with Gasteiger partial charge < -0.3 is 19.5 Å². The van der Waals surface area contributed by atoms with Crippen LogP contribution in [0, 0.1) is 0 Å². The minimum absolute atomic E-state index is 0.0249. The van der Waals surface area contributed by atoms with Crippen LogP contribution >= 0.6 is 11.3 Å². The van der Waals surface area contributed by atoms with Gasteiger partial charge in [0.05, 0.1) is 24.3 Å². The van der Waals surface area contributed by atoms with E-state index in [4.69, 9.17) is 9.47 Å². The number of hydrogen-bond acceptors (Lipinski definition) is 6. The molecule has 1 atom stereocenters. The molecule has 28 heavy (non-hydrogen) atoms. The number of hydrogen-bond donors (Lipinski definition) is 1. The van der Waals surface area contributed by atoms with Gasteiger partial charge in [-0.2, -0.15) is 0 Å². The van der Waals surface area contributed by atoms with Crippen molar-refractivity contribution in [1.29, 1.82) is 0 Å². The van der Waals surface area contributed by atoms with Gasteiger partial charge in [0, 0.05) is 24.1 Å². The highest BCUT2D eigenvalue weighted by Gasteiger charge is 2.46. The number of nitrogens with zero attached hydrogens (tertiary/aromatic N) is 1. The van der Waals surface area contributed by atoms with Crippen molar-refractivity contribution in [3.8, 4) is 5.75 Å². The molecular formula is C21H23NO5S. The third kappa shape index (κ3) is 3.95. The molecule has 0 bridgehead atoms. The zero-order chi connectivity index (χ0) is 20.3. The van der Waals surface area contributed by atoms with Gasteiger partial charge in [0.15, 0.2) is 0 Å². The van der Waals surface area contributed by atoms with Crippen LogP contribution in [0.4, 0.5) is 0 Å². The maximum absolute atomic E-state index is 12.8. The number of methoxy groups -OCH3 is 1. The van der Waals surface area contributed by atoms with Crippen LogP contribution in [0.5, 0.6) is 5.75 Å². The first-order chi connectivity index (χ1) is 13.4. The molecule has 6 nitrogen and oxygen atoms in total. The number of carbonyl (C=O) groups is 2. The average molecular weight is 401 g/mol. The number of likely N-dealkylation sites (tertiary alicyclic amines) is 1. The number of ether oxygens (including phenoxy) is 2. The minimum atomic E-state index is -0.692. The number of amides is 1. The molecule has 1 aliphatic heterocycles. The van der Waals surface area contributed by atoms with Crippen molar-refractivity contribution in [3.05, 3.63) is 57.8 Å². The van der Waals surface area contributed by atoms with E-state index in [1.54, 1.807) is 24.3 Å². The molecule has 0 radical (unpaired) electrons. The normalized spacial score (nSPS) is 18.9. The molecule has 1 aromatic carbocycles. The molecule has 7 heteroatoms. The van der Waals surface area contributed by atoms with E-state index in [0.29, 0.717) is 17.9 Å². The van der Waals surface area contributed by atoms with Gasteiger partial charge in [-0.3, -0.25) is 9.59 Å². The fourth-order valence-corrected chi connectivity index (χ4v) is 4.03. The standard InChI is InChI=1S/C21H23NO5S/c1-13(2)27-15-7-4-6-14(12-15)19(23)17-18(16-8-5-11-28-16)22(9-10-26-3)21(25)20(17)24/h4-8,11-13,18,23H,9-10H2,1-3H3/b19-17-. The number of carbonyl (C=O) groups excluding carboxylic acids is 2. The van der Waals surface area contributed by atoms with Gasteiger partial charge in [0.2, 0.25) is 0 Å². The lowest BCUT2D eigenvalue weighted by Crippen LogP contribution is -2.32. The van der Waals surface area contributed by atoms with Gasteiger partial charge in [-0.1, -0.05) is 18.2 Å². The highest BCUT2D eigenvalue weighted by Crippen LogP contribution is 2.41. The fraction of sp³-hybridized carbons (Fsp3) is 0.333. The first-order valence-electron chi connectivity index (χ1n) is 9.02. The number of aliphatic hydroxyl groups excluding tert-OH is 1. The summed E-state index contributed by atoms with van der Waals surface area (Å²) in [5.74, 6) is -0.944. The van der Waals surface area contributed by atoms with E-state index < -0.39 is 17.7 Å². The first kappa shape index (κ1) is 20.1. The Labute approximate surface area is 168 Å². The highest BCUT2D eigenvalue weighted by molar-refractivity contribution is 7.10. The number of benzene rings is 1. The predicted molar refractivity (Wildman–Crippen MR) is 107 cm³/mol. The molecule has 1 saturated heterocycles. The predicted octanol–water partition coefficient (Wildman–Crippen LogP) is 3.60. The number of aliphatic hydroxyl groups is 1. The van der Waals surface area contributed by atoms with E-state index in [9.17, 15) is 14.7 Å². The fourth-order valence-electron chi connectivity index (χ4n) is 3.19. The summed E-state index contributed by atoms with van der Waals surface area (Å²) in [7, 11) is 1.54. The number of ketones is 1. The summed E-state index contributed by atoms with van der Waals surface area (Å²) in [6.07, 6.45) is -0.0249. The third-order valence-electron chi connectivity index (χ3n) is 4.37. The van der Waals surface area contributed by atoms with E-state index in [1.807, 2.05) is 31.4 Å². The lowest BCUT2D eigenvalue weighted by molar-refractivity contribution is -0.140. The lowest BCUT2D eigenvalue weighted by Gasteiger charge is -2.23. The van der Waals surface area contributed by atoms with Crippen molar-refractivity contribution in [1.82, 2.24) is 4.90 Å². The van der Waals surface area contributed by atoms with Gasteiger partial charge >= 0.3 is 0 Å². The average Bonchev–Trinajstić information content (AvgIpc) is 3.27. The second kappa shape index (κ2) is 8.58. The molecule has 0 spiro atoms. The minimum Gasteiger partial charge on any atom is -0.507 e. The van der Waals surface area contributed by atoms with Crippen LogP contribution in [-0.2, 0) is 14.3 Å². The molecule has 3 rings (SSSR count). The topological polar surface area (TPSA) is 76.1 Å². The molecule has 1 N–H and O–H groups in total. The SMILES string of the molecule is COCCN1C(=O)C(=O)/C(=C(\O)c2cccc(OC(C)C)c2)C1c1cccs1. The lowest BCUT2D eigenvalue weighted by atomic mass is 10.00. The van der Waals surface area contributed by atoms with Crippen LogP contribution in [0.3, 0.4) is 0 Å². The van der Waals surface area contributed by atoms with E-state index >= 15 is 0 Å². The summed E-state index contributed by atoms with van der Waals surface area (Å²) >= 11 is 1.43. The third-order valence-corrected chi connectivity index (χ3v) is 5.29. The number of thiophene rings is 1. The Morgan fingerprint density at radius 2 is 2.04 bits per heavy atom. The smallest absolute Gasteiger partial charge is 0.295 e. The summed E-state index contributed by atoms with van der Waals surface area (Å²) in [6.45, 7) is 4.37. The zero-order valence-electron chi connectivity index (χ0n) is 16.0. The van der Waals surface area contributed by atoms with Crippen molar-refractivity contribution in [3.63, 3.8) is 0 Å². The van der Waals surface area contributed by atoms with Gasteiger partial charge in [-0.15, -0.1) is 11.3 Å². The van der Waals surface area contributed by atoms with E-state index in [1.165, 1.54) is 23.3 Å². The maximum Gasteiger partial charge on any atom is 0.295 e. The van der Waals surface area contributed by atoms with Crippen molar-refractivity contribution in [2.45, 2.75) is 26.0 Å². The summed E-state index contributed by atoms with van der Waals surface area (Å²) in [6, 6.07) is 9.96. The quantitative estimate of drug-likeness (QED) is 0.436. The summed E-state index contributed by atoms with van der Waals surface area (Å²) in [5.41, 5.74) is 0.523. The number of rotatable bonds is 7. The van der Waals surface area contributed by atoms with Crippen LogP contribution in [0.25, 0.3) is 5.76 Å². The maximum atomic E-state index is 12.8.